The van der Waals surface area contributed by atoms with E-state index in [0.717, 1.165) is 45.7 Å². The van der Waals surface area contributed by atoms with E-state index < -0.39 is 0 Å². The van der Waals surface area contributed by atoms with Crippen molar-refractivity contribution >= 4 is 33.9 Å². The number of thioether (sulfide) groups is 1. The SMILES string of the molecule is CCc1ccccc1Nc1nnc(SCCCc2nc(-c3ccncc3)no2)s1. The molecule has 0 unspecified atom stereocenters. The lowest BCUT2D eigenvalue weighted by Gasteiger charge is -2.06. The zero-order chi connectivity index (χ0) is 19.9. The van der Waals surface area contributed by atoms with Gasteiger partial charge in [0.1, 0.15) is 0 Å². The lowest BCUT2D eigenvalue weighted by Crippen LogP contribution is -1.94. The van der Waals surface area contributed by atoms with Crippen LogP contribution in [-0.4, -0.2) is 31.1 Å². The van der Waals surface area contributed by atoms with Crippen LogP contribution in [-0.2, 0) is 12.8 Å². The van der Waals surface area contributed by atoms with Gasteiger partial charge in [-0.15, -0.1) is 10.2 Å². The Morgan fingerprint density at radius 1 is 1.10 bits per heavy atom. The van der Waals surface area contributed by atoms with Gasteiger partial charge >= 0.3 is 0 Å². The van der Waals surface area contributed by atoms with Crippen molar-refractivity contribution in [2.75, 3.05) is 11.1 Å². The van der Waals surface area contributed by atoms with Crippen molar-refractivity contribution in [1.29, 1.82) is 0 Å². The molecule has 0 radical (unpaired) electrons. The minimum Gasteiger partial charge on any atom is -0.339 e. The van der Waals surface area contributed by atoms with Crippen molar-refractivity contribution in [3.8, 4) is 11.4 Å². The molecule has 7 nitrogen and oxygen atoms in total. The Balaban J connectivity index is 1.25. The normalized spacial score (nSPS) is 10.9. The molecule has 1 aromatic carbocycles. The number of aromatic nitrogens is 5. The Labute approximate surface area is 177 Å². The number of rotatable bonds is 9. The van der Waals surface area contributed by atoms with Crippen LogP contribution in [0.4, 0.5) is 10.8 Å². The molecule has 1 N–H and O–H groups in total. The third-order valence-electron chi connectivity index (χ3n) is 4.21. The number of pyridine rings is 1. The van der Waals surface area contributed by atoms with Gasteiger partial charge in [0, 0.05) is 35.8 Å². The first-order valence-corrected chi connectivity index (χ1v) is 11.2. The Kier molecular flexibility index (Phi) is 6.48. The maximum absolute atomic E-state index is 5.34. The molecule has 0 aliphatic carbocycles. The van der Waals surface area contributed by atoms with Crippen LogP contribution in [0.25, 0.3) is 11.4 Å². The molecule has 0 aliphatic heterocycles. The van der Waals surface area contributed by atoms with E-state index >= 15 is 0 Å². The lowest BCUT2D eigenvalue weighted by molar-refractivity contribution is 0.378. The summed E-state index contributed by atoms with van der Waals surface area (Å²) in [7, 11) is 0. The highest BCUT2D eigenvalue weighted by molar-refractivity contribution is 8.01. The minimum atomic E-state index is 0.599. The Morgan fingerprint density at radius 3 is 2.83 bits per heavy atom. The largest absolute Gasteiger partial charge is 0.339 e. The molecule has 0 saturated heterocycles. The number of benzene rings is 1. The lowest BCUT2D eigenvalue weighted by atomic mass is 10.1. The van der Waals surface area contributed by atoms with Gasteiger partial charge in [-0.3, -0.25) is 4.98 Å². The highest BCUT2D eigenvalue weighted by atomic mass is 32.2. The van der Waals surface area contributed by atoms with Gasteiger partial charge in [-0.25, -0.2) is 0 Å². The van der Waals surface area contributed by atoms with Crippen molar-refractivity contribution < 1.29 is 4.52 Å². The van der Waals surface area contributed by atoms with Crippen LogP contribution < -0.4 is 5.32 Å². The standard InChI is InChI=1S/C20H20N6OS2/c1-2-14-6-3-4-7-16(14)22-19-24-25-20(29-19)28-13-5-8-17-23-18(26-27-17)15-9-11-21-12-10-15/h3-4,6-7,9-12H,2,5,8,13H2,1H3,(H,22,24). The minimum absolute atomic E-state index is 0.599. The summed E-state index contributed by atoms with van der Waals surface area (Å²) in [5.41, 5.74) is 3.26. The molecule has 4 aromatic rings. The molecule has 9 heteroatoms. The highest BCUT2D eigenvalue weighted by Gasteiger charge is 2.10. The molecule has 3 heterocycles. The van der Waals surface area contributed by atoms with Crippen LogP contribution in [0.2, 0.25) is 0 Å². The van der Waals surface area contributed by atoms with Gasteiger partial charge in [0.25, 0.3) is 0 Å². The monoisotopic (exact) mass is 424 g/mol. The van der Waals surface area contributed by atoms with Crippen LogP contribution in [0.3, 0.4) is 0 Å². The molecule has 0 aliphatic rings. The summed E-state index contributed by atoms with van der Waals surface area (Å²) in [6, 6.07) is 12.0. The first kappa shape index (κ1) is 19.5. The second kappa shape index (κ2) is 9.62. The average Bonchev–Trinajstić information content (AvgIpc) is 3.42. The molecular weight excluding hydrogens is 404 g/mol. The number of aryl methyl sites for hydroxylation is 2. The molecule has 0 spiro atoms. The topological polar surface area (TPSA) is 89.6 Å². The van der Waals surface area contributed by atoms with Crippen LogP contribution in [0.15, 0.2) is 57.7 Å². The van der Waals surface area contributed by atoms with Crippen LogP contribution >= 0.6 is 23.1 Å². The van der Waals surface area contributed by atoms with Gasteiger partial charge in [0.05, 0.1) is 0 Å². The highest BCUT2D eigenvalue weighted by Crippen LogP contribution is 2.29. The number of hydrogen-bond acceptors (Lipinski definition) is 9. The molecule has 0 atom stereocenters. The predicted octanol–water partition coefficient (Wildman–Crippen LogP) is 5.01. The van der Waals surface area contributed by atoms with E-state index in [4.69, 9.17) is 4.52 Å². The molecule has 148 valence electrons. The summed E-state index contributed by atoms with van der Waals surface area (Å²) in [5.74, 6) is 2.16. The van der Waals surface area contributed by atoms with Crippen molar-refractivity contribution in [2.45, 2.75) is 30.5 Å². The summed E-state index contributed by atoms with van der Waals surface area (Å²) in [6.45, 7) is 2.14. The predicted molar refractivity (Wildman–Crippen MR) is 116 cm³/mol. The van der Waals surface area contributed by atoms with E-state index in [1.54, 1.807) is 35.5 Å². The second-order valence-corrected chi connectivity index (χ2v) is 8.53. The zero-order valence-corrected chi connectivity index (χ0v) is 17.5. The van der Waals surface area contributed by atoms with Crippen LogP contribution in [0.1, 0.15) is 24.8 Å². The van der Waals surface area contributed by atoms with Gasteiger partial charge in [-0.05, 0) is 36.6 Å². The zero-order valence-electron chi connectivity index (χ0n) is 15.9. The summed E-state index contributed by atoms with van der Waals surface area (Å²) < 4.78 is 6.29. The van der Waals surface area contributed by atoms with Gasteiger partial charge < -0.3 is 9.84 Å². The Morgan fingerprint density at radius 2 is 1.97 bits per heavy atom. The van der Waals surface area contributed by atoms with Gasteiger partial charge in [0.2, 0.25) is 16.8 Å². The van der Waals surface area contributed by atoms with Crippen LogP contribution in [0, 0.1) is 0 Å². The van der Waals surface area contributed by atoms with E-state index in [-0.39, 0.29) is 0 Å². The van der Waals surface area contributed by atoms with Crippen molar-refractivity contribution in [3.63, 3.8) is 0 Å². The quantitative estimate of drug-likeness (QED) is 0.296. The second-order valence-electron chi connectivity index (χ2n) is 6.21. The van der Waals surface area contributed by atoms with Gasteiger partial charge in [-0.1, -0.05) is 53.4 Å². The molecule has 0 amide bonds. The maximum atomic E-state index is 5.34. The first-order valence-electron chi connectivity index (χ1n) is 9.36. The fourth-order valence-corrected chi connectivity index (χ4v) is 4.52. The van der Waals surface area contributed by atoms with Gasteiger partial charge in [-0.2, -0.15) is 4.98 Å². The van der Waals surface area contributed by atoms with Gasteiger partial charge in [0.15, 0.2) is 4.34 Å². The van der Waals surface area contributed by atoms with Crippen molar-refractivity contribution in [3.05, 3.63) is 60.2 Å². The summed E-state index contributed by atoms with van der Waals surface area (Å²) >= 11 is 3.26. The molecule has 0 saturated carbocycles. The van der Waals surface area contributed by atoms with E-state index in [9.17, 15) is 0 Å². The maximum Gasteiger partial charge on any atom is 0.226 e. The first-order chi connectivity index (χ1) is 14.3. The Bertz CT molecular complexity index is 1050. The molecule has 3 aromatic heterocycles. The summed E-state index contributed by atoms with van der Waals surface area (Å²) in [5, 5.41) is 16.7. The molecule has 0 bridgehead atoms. The molecule has 29 heavy (non-hydrogen) atoms. The third kappa shape index (κ3) is 5.18. The average molecular weight is 425 g/mol. The number of nitrogens with one attached hydrogen (secondary N) is 1. The van der Waals surface area contributed by atoms with Crippen molar-refractivity contribution in [1.82, 2.24) is 25.3 Å². The summed E-state index contributed by atoms with van der Waals surface area (Å²) in [4.78, 5) is 8.44. The Hall–Kier alpha value is -2.78. The number of hydrogen-bond donors (Lipinski definition) is 1. The van der Waals surface area contributed by atoms with E-state index in [0.29, 0.717) is 11.7 Å². The fourth-order valence-electron chi connectivity index (χ4n) is 2.74. The van der Waals surface area contributed by atoms with E-state index in [1.807, 2.05) is 18.2 Å². The van der Waals surface area contributed by atoms with E-state index in [1.165, 1.54) is 5.56 Å². The fraction of sp³-hybridized carbons (Fsp3) is 0.250. The van der Waals surface area contributed by atoms with Crippen LogP contribution in [0.5, 0.6) is 0 Å². The number of anilines is 2. The molecule has 4 rings (SSSR count). The molecular formula is C20H20N6OS2. The third-order valence-corrected chi connectivity index (χ3v) is 6.27. The molecule has 0 fully saturated rings. The number of para-hydroxylation sites is 1. The van der Waals surface area contributed by atoms with Crippen molar-refractivity contribution in [2.24, 2.45) is 0 Å². The number of nitrogens with zero attached hydrogens (tertiary/aromatic N) is 5. The smallest absolute Gasteiger partial charge is 0.226 e. The van der Waals surface area contributed by atoms with E-state index in [2.05, 4.69) is 55.8 Å². The summed E-state index contributed by atoms with van der Waals surface area (Å²) in [6.07, 6.45) is 6.06.